The highest BCUT2D eigenvalue weighted by Gasteiger charge is 2.46. The first kappa shape index (κ1) is 31.9. The van der Waals surface area contributed by atoms with Crippen molar-refractivity contribution < 1.29 is 0 Å². The van der Waals surface area contributed by atoms with Gasteiger partial charge in [-0.25, -0.2) is 0 Å². The standard InChI is InChI=1S/C58H36/c1-35-13-25-45(26-14-35)58(44-11-3-2-4-12-44)52-32-24-42(46-27-19-40-17-15-36-7-5-9-38-21-30-49(46)56(40)54(36)38)33-51(52)48-29-23-43(34-53(48)58)47-28-20-41-18-16-37-8-6-10-39-22-31-50(47)57(41)55(37)39/h2-34H,1H3. The monoisotopic (exact) mass is 732 g/mol. The summed E-state index contributed by atoms with van der Waals surface area (Å²) in [6.07, 6.45) is 0. The van der Waals surface area contributed by atoms with Gasteiger partial charge in [0.25, 0.3) is 0 Å². The van der Waals surface area contributed by atoms with Gasteiger partial charge in [-0.3, -0.25) is 0 Å². The minimum Gasteiger partial charge on any atom is -0.0622 e. The van der Waals surface area contributed by atoms with Crippen molar-refractivity contribution in [1.29, 1.82) is 0 Å². The molecule has 12 aromatic rings. The summed E-state index contributed by atoms with van der Waals surface area (Å²) in [6, 6.07) is 76.1. The van der Waals surface area contributed by atoms with E-state index < -0.39 is 5.41 Å². The van der Waals surface area contributed by atoms with E-state index in [-0.39, 0.29) is 0 Å². The largest absolute Gasteiger partial charge is 0.0713 e. The normalized spacial score (nSPS) is 15.1. The Morgan fingerprint density at radius 3 is 1.34 bits per heavy atom. The van der Waals surface area contributed by atoms with Crippen LogP contribution in [0.1, 0.15) is 27.8 Å². The molecule has 13 rings (SSSR count). The second kappa shape index (κ2) is 11.6. The summed E-state index contributed by atoms with van der Waals surface area (Å²) >= 11 is 0. The fourth-order valence-electron chi connectivity index (χ4n) is 10.9. The SMILES string of the molecule is Cc1ccc(C2(c3ccccc3)c3ccc(-c4ccc5ccc6cccc7ccc4c5c67)cc3-c3ccc(-c4ccc5ccc6cccc7ccc4c5c67)cc32)cc1. The number of benzene rings is 12. The third-order valence-corrected chi connectivity index (χ3v) is 13.5. The Hall–Kier alpha value is -7.28. The molecule has 0 bridgehead atoms. The van der Waals surface area contributed by atoms with Crippen LogP contribution in [0.2, 0.25) is 0 Å². The van der Waals surface area contributed by atoms with E-state index in [0.717, 1.165) is 0 Å². The molecule has 0 aliphatic heterocycles. The third-order valence-electron chi connectivity index (χ3n) is 13.5. The molecule has 0 saturated carbocycles. The molecular weight excluding hydrogens is 697 g/mol. The summed E-state index contributed by atoms with van der Waals surface area (Å²) in [5.41, 5.74) is 13.6. The molecule has 0 fully saturated rings. The van der Waals surface area contributed by atoms with Gasteiger partial charge in [0.2, 0.25) is 0 Å². The molecule has 0 heteroatoms. The lowest BCUT2D eigenvalue weighted by atomic mass is 9.67. The lowest BCUT2D eigenvalue weighted by Crippen LogP contribution is -2.28. The average Bonchev–Trinajstić information content (AvgIpc) is 3.57. The Bertz CT molecular complexity index is 3580. The van der Waals surface area contributed by atoms with E-state index in [4.69, 9.17) is 0 Å². The van der Waals surface area contributed by atoms with Gasteiger partial charge in [-0.1, -0.05) is 194 Å². The van der Waals surface area contributed by atoms with Crippen LogP contribution >= 0.6 is 0 Å². The summed E-state index contributed by atoms with van der Waals surface area (Å²) in [4.78, 5) is 0. The lowest BCUT2D eigenvalue weighted by molar-refractivity contribution is 0.768. The van der Waals surface area contributed by atoms with Gasteiger partial charge in [-0.05, 0) is 139 Å². The Kier molecular flexibility index (Phi) is 6.39. The molecule has 0 N–H and O–H groups in total. The zero-order valence-corrected chi connectivity index (χ0v) is 32.1. The molecular formula is C58H36. The van der Waals surface area contributed by atoms with Gasteiger partial charge in [-0.15, -0.1) is 0 Å². The van der Waals surface area contributed by atoms with E-state index in [9.17, 15) is 0 Å². The summed E-state index contributed by atoms with van der Waals surface area (Å²) in [7, 11) is 0. The van der Waals surface area contributed by atoms with Crippen molar-refractivity contribution in [3.8, 4) is 33.4 Å². The van der Waals surface area contributed by atoms with E-state index in [2.05, 4.69) is 207 Å². The quantitative estimate of drug-likeness (QED) is 0.158. The summed E-state index contributed by atoms with van der Waals surface area (Å²) < 4.78 is 0. The van der Waals surface area contributed by atoms with Crippen LogP contribution in [0.3, 0.4) is 0 Å². The molecule has 12 aromatic carbocycles. The maximum atomic E-state index is 2.52. The molecule has 0 nitrogen and oxygen atoms in total. The molecule has 0 amide bonds. The zero-order valence-electron chi connectivity index (χ0n) is 32.1. The molecule has 0 spiro atoms. The van der Waals surface area contributed by atoms with Crippen molar-refractivity contribution in [3.63, 3.8) is 0 Å². The van der Waals surface area contributed by atoms with Crippen LogP contribution in [0.5, 0.6) is 0 Å². The van der Waals surface area contributed by atoms with Crippen molar-refractivity contribution >= 4 is 64.6 Å². The Balaban J connectivity index is 1.09. The Labute approximate surface area is 336 Å². The first-order valence-corrected chi connectivity index (χ1v) is 20.4. The first-order valence-electron chi connectivity index (χ1n) is 20.4. The van der Waals surface area contributed by atoms with E-state index in [0.29, 0.717) is 0 Å². The maximum Gasteiger partial charge on any atom is 0.0713 e. The molecule has 268 valence electrons. The fourth-order valence-corrected chi connectivity index (χ4v) is 10.9. The van der Waals surface area contributed by atoms with Gasteiger partial charge >= 0.3 is 0 Å². The number of aryl methyl sites for hydroxylation is 1. The number of hydrogen-bond acceptors (Lipinski definition) is 0. The molecule has 0 aromatic heterocycles. The molecule has 0 saturated heterocycles. The lowest BCUT2D eigenvalue weighted by Gasteiger charge is -2.34. The Morgan fingerprint density at radius 1 is 0.293 bits per heavy atom. The van der Waals surface area contributed by atoms with Crippen LogP contribution < -0.4 is 0 Å². The van der Waals surface area contributed by atoms with Gasteiger partial charge in [0.05, 0.1) is 5.41 Å². The van der Waals surface area contributed by atoms with Crippen LogP contribution in [0.25, 0.3) is 98.0 Å². The van der Waals surface area contributed by atoms with Gasteiger partial charge < -0.3 is 0 Å². The highest BCUT2D eigenvalue weighted by atomic mass is 14.5. The smallest absolute Gasteiger partial charge is 0.0622 e. The van der Waals surface area contributed by atoms with Crippen molar-refractivity contribution in [1.82, 2.24) is 0 Å². The van der Waals surface area contributed by atoms with Crippen LogP contribution in [-0.2, 0) is 5.41 Å². The van der Waals surface area contributed by atoms with Crippen molar-refractivity contribution in [2.75, 3.05) is 0 Å². The van der Waals surface area contributed by atoms with Crippen LogP contribution in [0.15, 0.2) is 200 Å². The van der Waals surface area contributed by atoms with Gasteiger partial charge in [0.1, 0.15) is 0 Å². The van der Waals surface area contributed by atoms with Gasteiger partial charge in [-0.2, -0.15) is 0 Å². The minimum absolute atomic E-state index is 0.513. The summed E-state index contributed by atoms with van der Waals surface area (Å²) in [5, 5.41) is 15.8. The summed E-state index contributed by atoms with van der Waals surface area (Å²) in [5.74, 6) is 0. The fraction of sp³-hybridized carbons (Fsp3) is 0.0345. The van der Waals surface area contributed by atoms with Crippen LogP contribution in [0, 0.1) is 6.92 Å². The number of rotatable bonds is 4. The minimum atomic E-state index is -0.513. The molecule has 0 heterocycles. The molecule has 1 aliphatic carbocycles. The van der Waals surface area contributed by atoms with E-state index in [1.165, 1.54) is 126 Å². The second-order valence-electron chi connectivity index (χ2n) is 16.4. The zero-order chi connectivity index (χ0) is 38.1. The topological polar surface area (TPSA) is 0 Å². The van der Waals surface area contributed by atoms with E-state index in [1.54, 1.807) is 0 Å². The van der Waals surface area contributed by atoms with E-state index in [1.807, 2.05) is 0 Å². The molecule has 58 heavy (non-hydrogen) atoms. The predicted octanol–water partition coefficient (Wildman–Crippen LogP) is 15.5. The maximum absolute atomic E-state index is 2.52. The van der Waals surface area contributed by atoms with Gasteiger partial charge in [0.15, 0.2) is 0 Å². The highest BCUT2D eigenvalue weighted by molar-refractivity contribution is 6.26. The molecule has 1 atom stereocenters. The number of fused-ring (bicyclic) bond motifs is 3. The van der Waals surface area contributed by atoms with Crippen LogP contribution in [0.4, 0.5) is 0 Å². The molecule has 1 unspecified atom stereocenters. The average molecular weight is 733 g/mol. The van der Waals surface area contributed by atoms with Gasteiger partial charge in [0, 0.05) is 0 Å². The first-order chi connectivity index (χ1) is 28.6. The molecule has 1 aliphatic rings. The summed E-state index contributed by atoms with van der Waals surface area (Å²) in [6.45, 7) is 2.18. The second-order valence-corrected chi connectivity index (χ2v) is 16.4. The highest BCUT2D eigenvalue weighted by Crippen LogP contribution is 2.58. The molecule has 0 radical (unpaired) electrons. The van der Waals surface area contributed by atoms with Crippen LogP contribution in [-0.4, -0.2) is 0 Å². The van der Waals surface area contributed by atoms with Crippen molar-refractivity contribution in [2.45, 2.75) is 12.3 Å². The van der Waals surface area contributed by atoms with Crippen molar-refractivity contribution in [2.24, 2.45) is 0 Å². The Morgan fingerprint density at radius 2 is 0.759 bits per heavy atom. The third kappa shape index (κ3) is 4.19. The number of hydrogen-bond donors (Lipinski definition) is 0. The van der Waals surface area contributed by atoms with Crippen molar-refractivity contribution in [3.05, 3.63) is 228 Å². The predicted molar refractivity (Wildman–Crippen MR) is 247 cm³/mol. The van der Waals surface area contributed by atoms with E-state index >= 15 is 0 Å².